The largest absolute Gasteiger partial charge is 0.352 e. The number of rotatable bonds is 6. The predicted molar refractivity (Wildman–Crippen MR) is 78.0 cm³/mol. The molecule has 18 heavy (non-hydrogen) atoms. The van der Waals surface area contributed by atoms with Crippen LogP contribution in [0, 0.1) is 0 Å². The second-order valence-electron chi connectivity index (χ2n) is 4.37. The van der Waals surface area contributed by atoms with Gasteiger partial charge in [0.1, 0.15) is 0 Å². The normalized spacial score (nSPS) is 11.5. The molecule has 0 fully saturated rings. The molecule has 0 saturated heterocycles. The summed E-state index contributed by atoms with van der Waals surface area (Å²) in [7, 11) is 0. The van der Waals surface area contributed by atoms with E-state index in [0.717, 1.165) is 12.8 Å². The van der Waals surface area contributed by atoms with Gasteiger partial charge in [0.2, 0.25) is 5.91 Å². The summed E-state index contributed by atoms with van der Waals surface area (Å²) < 4.78 is 0. The lowest BCUT2D eigenvalue weighted by atomic mass is 10.1. The first-order valence-corrected chi connectivity index (χ1v) is 6.23. The van der Waals surface area contributed by atoms with Crippen LogP contribution in [0.2, 0.25) is 0 Å². The van der Waals surface area contributed by atoms with E-state index in [4.69, 9.17) is 5.73 Å². The van der Waals surface area contributed by atoms with Crippen LogP contribution in [0.1, 0.15) is 31.4 Å². The van der Waals surface area contributed by atoms with Crippen molar-refractivity contribution in [1.82, 2.24) is 5.32 Å². The van der Waals surface area contributed by atoms with Crippen LogP contribution in [0.4, 0.5) is 0 Å². The third kappa shape index (κ3) is 6.03. The Morgan fingerprint density at radius 2 is 1.83 bits per heavy atom. The summed E-state index contributed by atoms with van der Waals surface area (Å²) in [4.78, 5) is 11.5. The maximum atomic E-state index is 11.5. The van der Waals surface area contributed by atoms with E-state index >= 15 is 0 Å². The Morgan fingerprint density at radius 3 is 2.33 bits per heavy atom. The lowest BCUT2D eigenvalue weighted by molar-refractivity contribution is -0.121. The van der Waals surface area contributed by atoms with Gasteiger partial charge in [0.15, 0.2) is 0 Å². The summed E-state index contributed by atoms with van der Waals surface area (Å²) in [6.45, 7) is 4.53. The van der Waals surface area contributed by atoms with Crippen molar-refractivity contribution >= 4 is 18.3 Å². The standard InChI is InChI=1S/C14H22N2O.ClH/c1-3-12-4-6-13(7-5-12)8-9-14(17)16-11(2)10-15;/h4-7,11H,3,8-10,15H2,1-2H3,(H,16,17);1H/t11-;/m0./s1. The lowest BCUT2D eigenvalue weighted by Gasteiger charge is -2.11. The van der Waals surface area contributed by atoms with Crippen molar-refractivity contribution in [2.75, 3.05) is 6.54 Å². The zero-order valence-electron chi connectivity index (χ0n) is 11.1. The number of halogens is 1. The Balaban J connectivity index is 0.00000289. The average Bonchev–Trinajstić information content (AvgIpc) is 2.36. The molecule has 0 bridgehead atoms. The number of hydrogen-bond acceptors (Lipinski definition) is 2. The average molecular weight is 271 g/mol. The number of nitrogens with two attached hydrogens (primary N) is 1. The van der Waals surface area contributed by atoms with Gasteiger partial charge in [0.25, 0.3) is 0 Å². The van der Waals surface area contributed by atoms with Gasteiger partial charge in [-0.05, 0) is 30.9 Å². The first kappa shape index (κ1) is 16.9. The van der Waals surface area contributed by atoms with Gasteiger partial charge < -0.3 is 11.1 Å². The maximum Gasteiger partial charge on any atom is 0.220 e. The molecule has 3 N–H and O–H groups in total. The number of benzene rings is 1. The lowest BCUT2D eigenvalue weighted by Crippen LogP contribution is -2.37. The molecule has 1 atom stereocenters. The minimum absolute atomic E-state index is 0. The fourth-order valence-corrected chi connectivity index (χ4v) is 1.61. The molecule has 1 amide bonds. The van der Waals surface area contributed by atoms with Gasteiger partial charge in [-0.1, -0.05) is 31.2 Å². The molecule has 1 aromatic carbocycles. The molecule has 0 unspecified atom stereocenters. The summed E-state index contributed by atoms with van der Waals surface area (Å²) in [6, 6.07) is 8.49. The molecule has 102 valence electrons. The fourth-order valence-electron chi connectivity index (χ4n) is 1.61. The van der Waals surface area contributed by atoms with Crippen molar-refractivity contribution < 1.29 is 4.79 Å². The van der Waals surface area contributed by atoms with Crippen LogP contribution in [-0.4, -0.2) is 18.5 Å². The smallest absolute Gasteiger partial charge is 0.220 e. The van der Waals surface area contributed by atoms with Crippen LogP contribution in [0.3, 0.4) is 0 Å². The molecule has 0 aliphatic carbocycles. The van der Waals surface area contributed by atoms with Crippen molar-refractivity contribution in [3.8, 4) is 0 Å². The highest BCUT2D eigenvalue weighted by Gasteiger charge is 2.05. The first-order chi connectivity index (χ1) is 8.15. The van der Waals surface area contributed by atoms with Crippen molar-refractivity contribution in [3.05, 3.63) is 35.4 Å². The minimum atomic E-state index is 0. The van der Waals surface area contributed by atoms with Gasteiger partial charge >= 0.3 is 0 Å². The van der Waals surface area contributed by atoms with E-state index in [1.807, 2.05) is 6.92 Å². The molecule has 0 aliphatic rings. The summed E-state index contributed by atoms with van der Waals surface area (Å²) in [5.41, 5.74) is 7.98. The molecule has 4 heteroatoms. The van der Waals surface area contributed by atoms with E-state index < -0.39 is 0 Å². The molecule has 0 spiro atoms. The Morgan fingerprint density at radius 1 is 1.28 bits per heavy atom. The molecular weight excluding hydrogens is 248 g/mol. The van der Waals surface area contributed by atoms with E-state index in [2.05, 4.69) is 36.5 Å². The van der Waals surface area contributed by atoms with Crippen LogP contribution in [0.25, 0.3) is 0 Å². The molecule has 0 radical (unpaired) electrons. The van der Waals surface area contributed by atoms with Crippen LogP contribution >= 0.6 is 12.4 Å². The van der Waals surface area contributed by atoms with Crippen LogP contribution in [0.15, 0.2) is 24.3 Å². The Hall–Kier alpha value is -1.06. The fraction of sp³-hybridized carbons (Fsp3) is 0.500. The van der Waals surface area contributed by atoms with Crippen LogP contribution in [0.5, 0.6) is 0 Å². The first-order valence-electron chi connectivity index (χ1n) is 6.23. The third-order valence-electron chi connectivity index (χ3n) is 2.83. The van der Waals surface area contributed by atoms with Gasteiger partial charge in [-0.3, -0.25) is 4.79 Å². The number of hydrogen-bond donors (Lipinski definition) is 2. The summed E-state index contributed by atoms with van der Waals surface area (Å²) in [6.07, 6.45) is 2.36. The predicted octanol–water partition coefficient (Wildman–Crippen LogP) is 2.07. The summed E-state index contributed by atoms with van der Waals surface area (Å²) in [5, 5.41) is 2.86. The van der Waals surface area contributed by atoms with Crippen molar-refractivity contribution in [2.45, 2.75) is 39.2 Å². The van der Waals surface area contributed by atoms with Crippen LogP contribution < -0.4 is 11.1 Å². The second kappa shape index (κ2) is 8.95. The zero-order chi connectivity index (χ0) is 12.7. The van der Waals surface area contributed by atoms with E-state index in [1.54, 1.807) is 0 Å². The summed E-state index contributed by atoms with van der Waals surface area (Å²) >= 11 is 0. The molecule has 0 aromatic heterocycles. The molecule has 0 saturated carbocycles. The Labute approximate surface area is 116 Å². The topological polar surface area (TPSA) is 55.1 Å². The molecule has 3 nitrogen and oxygen atoms in total. The van der Waals surface area contributed by atoms with E-state index in [9.17, 15) is 4.79 Å². The molecular formula is C14H23ClN2O. The molecule has 1 rings (SSSR count). The minimum Gasteiger partial charge on any atom is -0.352 e. The van der Waals surface area contributed by atoms with Gasteiger partial charge in [-0.2, -0.15) is 0 Å². The van der Waals surface area contributed by atoms with Gasteiger partial charge in [-0.15, -0.1) is 12.4 Å². The number of nitrogens with one attached hydrogen (secondary N) is 1. The highest BCUT2D eigenvalue weighted by atomic mass is 35.5. The van der Waals surface area contributed by atoms with Crippen LogP contribution in [-0.2, 0) is 17.6 Å². The van der Waals surface area contributed by atoms with Crippen molar-refractivity contribution in [3.63, 3.8) is 0 Å². The molecule has 0 aliphatic heterocycles. The zero-order valence-corrected chi connectivity index (χ0v) is 11.9. The number of amides is 1. The number of carbonyl (C=O) groups is 1. The van der Waals surface area contributed by atoms with E-state index in [-0.39, 0.29) is 24.4 Å². The quantitative estimate of drug-likeness (QED) is 0.831. The number of carbonyl (C=O) groups excluding carboxylic acids is 1. The molecule has 0 heterocycles. The highest BCUT2D eigenvalue weighted by Crippen LogP contribution is 2.07. The number of aryl methyl sites for hydroxylation is 2. The Kier molecular flexibility index (Phi) is 8.42. The monoisotopic (exact) mass is 270 g/mol. The van der Waals surface area contributed by atoms with E-state index in [1.165, 1.54) is 11.1 Å². The molecule has 1 aromatic rings. The summed E-state index contributed by atoms with van der Waals surface area (Å²) in [5.74, 6) is 0.0718. The Bertz CT molecular complexity index is 351. The maximum absolute atomic E-state index is 11.5. The van der Waals surface area contributed by atoms with Gasteiger partial charge in [0, 0.05) is 19.0 Å². The van der Waals surface area contributed by atoms with Gasteiger partial charge in [0.05, 0.1) is 0 Å². The highest BCUT2D eigenvalue weighted by molar-refractivity contribution is 5.85. The van der Waals surface area contributed by atoms with Gasteiger partial charge in [-0.25, -0.2) is 0 Å². The SMILES string of the molecule is CCc1ccc(CCC(=O)N[C@@H](C)CN)cc1.Cl. The second-order valence-corrected chi connectivity index (χ2v) is 4.37. The third-order valence-corrected chi connectivity index (χ3v) is 2.83. The van der Waals surface area contributed by atoms with Crippen molar-refractivity contribution in [2.24, 2.45) is 5.73 Å². The van der Waals surface area contributed by atoms with Crippen molar-refractivity contribution in [1.29, 1.82) is 0 Å². The van der Waals surface area contributed by atoms with E-state index in [0.29, 0.717) is 13.0 Å².